The first-order chi connectivity index (χ1) is 25.9. The van der Waals surface area contributed by atoms with Gasteiger partial charge >= 0.3 is 7.12 Å². The van der Waals surface area contributed by atoms with Gasteiger partial charge in [-0.25, -0.2) is 0 Å². The van der Waals surface area contributed by atoms with E-state index in [2.05, 4.69) is 69.3 Å². The Balaban J connectivity index is 1.27. The van der Waals surface area contributed by atoms with Gasteiger partial charge in [-0.15, -0.1) is 0 Å². The Morgan fingerprint density at radius 3 is 2.17 bits per heavy atom. The van der Waals surface area contributed by atoms with Crippen LogP contribution in [0.25, 0.3) is 6.08 Å². The highest BCUT2D eigenvalue weighted by molar-refractivity contribution is 6.99. The van der Waals surface area contributed by atoms with Crippen LogP contribution in [-0.2, 0) is 18.8 Å². The number of allylic oxidation sites excluding steroid dienone is 1. The number of anilines is 1. The van der Waals surface area contributed by atoms with Gasteiger partial charge in [0.05, 0.1) is 36.8 Å². The summed E-state index contributed by atoms with van der Waals surface area (Å²) in [5.74, 6) is -1.86. The minimum absolute atomic E-state index is 0.206. The molecule has 0 spiro atoms. The average Bonchev–Trinajstić information content (AvgIpc) is 3.69. The predicted molar refractivity (Wildman–Crippen MR) is 215 cm³/mol. The summed E-state index contributed by atoms with van der Waals surface area (Å²) in [4.78, 5) is 29.9. The van der Waals surface area contributed by atoms with E-state index in [-0.39, 0.29) is 40.1 Å². The predicted octanol–water partition coefficient (Wildman–Crippen LogP) is 5.35. The molecule has 0 aromatic heterocycles. The number of hydrogen-bond acceptors (Lipinski definition) is 7. The quantitative estimate of drug-likeness (QED) is 0.108. The molecular formula is C44H48BNO7Si. The summed E-state index contributed by atoms with van der Waals surface area (Å²) in [6.07, 6.45) is 3.47. The van der Waals surface area contributed by atoms with Gasteiger partial charge in [0.1, 0.15) is 5.75 Å². The Bertz CT molecular complexity index is 2040. The second-order valence-corrected chi connectivity index (χ2v) is 20.2. The van der Waals surface area contributed by atoms with Gasteiger partial charge in [0.2, 0.25) is 11.8 Å². The zero-order valence-corrected chi connectivity index (χ0v) is 32.3. The summed E-state index contributed by atoms with van der Waals surface area (Å²) in [6.45, 7) is 9.38. The van der Waals surface area contributed by atoms with E-state index < -0.39 is 27.3 Å². The van der Waals surface area contributed by atoms with Crippen LogP contribution in [0.15, 0.2) is 126 Å². The molecule has 3 aliphatic rings. The van der Waals surface area contributed by atoms with Gasteiger partial charge in [0, 0.05) is 11.5 Å². The van der Waals surface area contributed by atoms with E-state index in [9.17, 15) is 24.7 Å². The Hall–Kier alpha value is -4.58. The summed E-state index contributed by atoms with van der Waals surface area (Å²) in [5.41, 5.74) is 4.46. The molecule has 0 unspecified atom stereocenters. The fourth-order valence-electron chi connectivity index (χ4n) is 8.95. The summed E-state index contributed by atoms with van der Waals surface area (Å²) in [7, 11) is -4.68. The molecule has 54 heavy (non-hydrogen) atoms. The van der Waals surface area contributed by atoms with E-state index in [1.165, 1.54) is 11.0 Å². The average molecular weight is 742 g/mol. The van der Waals surface area contributed by atoms with Crippen molar-refractivity contribution in [2.24, 2.45) is 17.8 Å². The monoisotopic (exact) mass is 741 g/mol. The van der Waals surface area contributed by atoms with Crippen molar-refractivity contribution >= 4 is 54.8 Å². The van der Waals surface area contributed by atoms with E-state index >= 15 is 0 Å². The summed E-state index contributed by atoms with van der Waals surface area (Å²) in [5, 5.41) is 32.2. The largest absolute Gasteiger partial charge is 0.507 e. The number of imide groups is 1. The molecule has 2 fully saturated rings. The maximum absolute atomic E-state index is 14.4. The Morgan fingerprint density at radius 1 is 0.889 bits per heavy atom. The van der Waals surface area contributed by atoms with Gasteiger partial charge in [-0.05, 0) is 76.4 Å². The minimum atomic E-state index is -2.95. The number of benzene rings is 4. The third kappa shape index (κ3) is 6.93. The highest BCUT2D eigenvalue weighted by Crippen LogP contribution is 2.51. The second kappa shape index (κ2) is 15.3. The number of fused-ring (bicyclic) bond motifs is 3. The highest BCUT2D eigenvalue weighted by Gasteiger charge is 2.58. The lowest BCUT2D eigenvalue weighted by Crippen LogP contribution is -2.66. The molecule has 1 aliphatic carbocycles. The van der Waals surface area contributed by atoms with Crippen molar-refractivity contribution in [2.45, 2.75) is 58.1 Å². The molecule has 0 radical (unpaired) electrons. The molecule has 2 aliphatic heterocycles. The maximum Gasteiger partial charge on any atom is 0.488 e. The molecule has 0 saturated carbocycles. The molecule has 278 valence electrons. The zero-order chi connectivity index (χ0) is 38.2. The van der Waals surface area contributed by atoms with Crippen LogP contribution in [0.2, 0.25) is 5.04 Å². The number of phenols is 1. The lowest BCUT2D eigenvalue weighted by atomic mass is 9.69. The number of nitrogens with zero attached hydrogens (tertiary/aromatic N) is 1. The Kier molecular flexibility index (Phi) is 10.7. The standard InChI is InChI=1S/C44H48BNO7Si/c1-29(24-30-14-11-12-21-38(30)47)22-23-39-40-31(27-53-54(44(2,3)4,34-17-7-5-8-18-34)35-19-9-6-10-20-35)25-36-41(37(40)28-52-39)43(49)46(42(36)48)33-16-13-15-32(26-33)45(50)51/h5-21,24,26,36-37,39,41,47,50-51H,22-23,25,27-28H2,1-4H3/b29-24+/t36-,37+,39-,41-/m1/s1. The van der Waals surface area contributed by atoms with Crippen molar-refractivity contribution in [1.29, 1.82) is 0 Å². The van der Waals surface area contributed by atoms with E-state index in [1.807, 2.05) is 37.3 Å². The van der Waals surface area contributed by atoms with E-state index in [0.29, 0.717) is 38.2 Å². The number of ether oxygens (including phenoxy) is 1. The molecule has 4 aromatic rings. The first kappa shape index (κ1) is 37.7. The molecule has 4 atom stereocenters. The first-order valence-corrected chi connectivity index (χ1v) is 20.7. The molecule has 2 heterocycles. The van der Waals surface area contributed by atoms with Crippen molar-refractivity contribution in [3.8, 4) is 5.75 Å². The van der Waals surface area contributed by atoms with Crippen molar-refractivity contribution in [2.75, 3.05) is 18.1 Å². The number of aromatic hydroxyl groups is 1. The van der Waals surface area contributed by atoms with E-state index in [0.717, 1.165) is 32.7 Å². The Labute approximate surface area is 319 Å². The van der Waals surface area contributed by atoms with Crippen molar-refractivity contribution in [3.05, 3.63) is 131 Å². The van der Waals surface area contributed by atoms with Gasteiger partial charge in [-0.1, -0.05) is 123 Å². The third-order valence-electron chi connectivity index (χ3n) is 11.5. The van der Waals surface area contributed by atoms with Gasteiger partial charge < -0.3 is 24.3 Å². The highest BCUT2D eigenvalue weighted by atomic mass is 28.4. The number of rotatable bonds is 11. The van der Waals surface area contributed by atoms with E-state index in [1.54, 1.807) is 30.3 Å². The van der Waals surface area contributed by atoms with Crippen LogP contribution in [0, 0.1) is 17.8 Å². The summed E-state index contributed by atoms with van der Waals surface area (Å²) >= 11 is 0. The molecular weight excluding hydrogens is 693 g/mol. The van der Waals surface area contributed by atoms with Crippen molar-refractivity contribution in [1.82, 2.24) is 0 Å². The van der Waals surface area contributed by atoms with Crippen LogP contribution < -0.4 is 20.7 Å². The smallest absolute Gasteiger partial charge is 0.488 e. The second-order valence-electron chi connectivity index (χ2n) is 15.8. The number of phenolic OH excluding ortho intramolecular Hbond substituents is 1. The molecule has 0 bridgehead atoms. The molecule has 4 aromatic carbocycles. The Morgan fingerprint density at radius 2 is 1.54 bits per heavy atom. The topological polar surface area (TPSA) is 117 Å². The fourth-order valence-corrected chi connectivity index (χ4v) is 13.5. The van der Waals surface area contributed by atoms with Gasteiger partial charge in [-0.2, -0.15) is 0 Å². The lowest BCUT2D eigenvalue weighted by molar-refractivity contribution is -0.122. The third-order valence-corrected chi connectivity index (χ3v) is 16.4. The number of amides is 2. The normalized spacial score (nSPS) is 21.7. The van der Waals surface area contributed by atoms with Crippen LogP contribution in [0.3, 0.4) is 0 Å². The lowest BCUT2D eigenvalue weighted by Gasteiger charge is -2.44. The maximum atomic E-state index is 14.4. The SMILES string of the molecule is C/C(=C\c1ccccc1O)CC[C@H]1OC[C@H]2C1=C(CO[Si](c1ccccc1)(c1ccccc1)C(C)(C)C)C[C@H]1C(=O)N(c3cccc(B(O)O)c3)C(=O)[C@H]12. The van der Waals surface area contributed by atoms with Crippen LogP contribution in [0.4, 0.5) is 5.69 Å². The molecule has 7 rings (SSSR count). The number of para-hydroxylation sites is 1. The first-order valence-electron chi connectivity index (χ1n) is 18.8. The molecule has 8 nitrogen and oxygen atoms in total. The molecule has 3 N–H and O–H groups in total. The van der Waals surface area contributed by atoms with Gasteiger partial charge in [0.15, 0.2) is 0 Å². The van der Waals surface area contributed by atoms with Crippen LogP contribution in [0.1, 0.15) is 52.5 Å². The van der Waals surface area contributed by atoms with Gasteiger partial charge in [0.25, 0.3) is 8.32 Å². The van der Waals surface area contributed by atoms with Crippen LogP contribution in [-0.4, -0.2) is 61.7 Å². The van der Waals surface area contributed by atoms with Crippen LogP contribution >= 0.6 is 0 Å². The summed E-state index contributed by atoms with van der Waals surface area (Å²) in [6, 6.07) is 34.5. The zero-order valence-electron chi connectivity index (χ0n) is 31.3. The van der Waals surface area contributed by atoms with E-state index in [4.69, 9.17) is 9.16 Å². The summed E-state index contributed by atoms with van der Waals surface area (Å²) < 4.78 is 14.0. The number of carbonyl (C=O) groups excluding carboxylic acids is 2. The van der Waals surface area contributed by atoms with Crippen molar-refractivity contribution in [3.63, 3.8) is 0 Å². The number of hydrogen-bond donors (Lipinski definition) is 3. The number of carbonyl (C=O) groups is 2. The minimum Gasteiger partial charge on any atom is -0.507 e. The molecule has 2 saturated heterocycles. The molecule has 10 heteroatoms. The van der Waals surface area contributed by atoms with Crippen molar-refractivity contribution < 1.29 is 33.9 Å². The molecule has 2 amide bonds. The fraction of sp³-hybridized carbons (Fsp3) is 0.318. The van der Waals surface area contributed by atoms with Crippen LogP contribution in [0.5, 0.6) is 5.75 Å². The van der Waals surface area contributed by atoms with Gasteiger partial charge in [-0.3, -0.25) is 14.5 Å².